The zero-order valence-electron chi connectivity index (χ0n) is 15.5. The second-order valence-electron chi connectivity index (χ2n) is 6.87. The first-order chi connectivity index (χ1) is 13.4. The van der Waals surface area contributed by atoms with Crippen LogP contribution in [0.4, 0.5) is 13.2 Å². The minimum absolute atomic E-state index is 0.310. The van der Waals surface area contributed by atoms with Gasteiger partial charge in [-0.3, -0.25) is 9.69 Å². The Labute approximate surface area is 162 Å². The number of alkyl halides is 3. The SMILES string of the molecule is O=C(NCC(N1CCNCC1)C(F)(F)F)c1ccccc1Cc1ccccc1. The van der Waals surface area contributed by atoms with E-state index in [1.165, 1.54) is 4.90 Å². The Morgan fingerprint density at radius 1 is 1.04 bits per heavy atom. The maximum atomic E-state index is 13.5. The first-order valence-electron chi connectivity index (χ1n) is 9.36. The van der Waals surface area contributed by atoms with Gasteiger partial charge in [0.05, 0.1) is 0 Å². The van der Waals surface area contributed by atoms with Gasteiger partial charge in [-0.25, -0.2) is 0 Å². The molecule has 1 amide bonds. The minimum Gasteiger partial charge on any atom is -0.350 e. The third kappa shape index (κ3) is 5.33. The molecule has 7 heteroatoms. The Morgan fingerprint density at radius 3 is 2.36 bits per heavy atom. The van der Waals surface area contributed by atoms with Crippen molar-refractivity contribution in [3.8, 4) is 0 Å². The summed E-state index contributed by atoms with van der Waals surface area (Å²) in [6.45, 7) is 1.19. The molecule has 1 aliphatic rings. The van der Waals surface area contributed by atoms with Gasteiger partial charge in [0.15, 0.2) is 0 Å². The number of hydrogen-bond acceptors (Lipinski definition) is 3. The highest BCUT2D eigenvalue weighted by Gasteiger charge is 2.43. The molecule has 0 aromatic heterocycles. The molecule has 0 bridgehead atoms. The van der Waals surface area contributed by atoms with Gasteiger partial charge in [-0.15, -0.1) is 0 Å². The first-order valence-corrected chi connectivity index (χ1v) is 9.36. The summed E-state index contributed by atoms with van der Waals surface area (Å²) in [4.78, 5) is 14.0. The largest absolute Gasteiger partial charge is 0.405 e. The van der Waals surface area contributed by atoms with E-state index < -0.39 is 24.7 Å². The van der Waals surface area contributed by atoms with E-state index in [1.54, 1.807) is 12.1 Å². The molecular weight excluding hydrogens is 367 g/mol. The lowest BCUT2D eigenvalue weighted by Crippen LogP contribution is -2.57. The van der Waals surface area contributed by atoms with Crippen LogP contribution >= 0.6 is 0 Å². The molecule has 1 aliphatic heterocycles. The summed E-state index contributed by atoms with van der Waals surface area (Å²) >= 11 is 0. The highest BCUT2D eigenvalue weighted by Crippen LogP contribution is 2.25. The van der Waals surface area contributed by atoms with Crippen LogP contribution in [0.1, 0.15) is 21.5 Å². The number of nitrogens with zero attached hydrogens (tertiary/aromatic N) is 1. The lowest BCUT2D eigenvalue weighted by atomic mass is 9.99. The zero-order valence-corrected chi connectivity index (χ0v) is 15.5. The minimum atomic E-state index is -4.39. The van der Waals surface area contributed by atoms with Gasteiger partial charge in [-0.2, -0.15) is 13.2 Å². The van der Waals surface area contributed by atoms with Crippen LogP contribution in [-0.4, -0.2) is 55.7 Å². The molecule has 28 heavy (non-hydrogen) atoms. The van der Waals surface area contributed by atoms with Gasteiger partial charge in [0.25, 0.3) is 5.91 Å². The van der Waals surface area contributed by atoms with Crippen LogP contribution in [0.3, 0.4) is 0 Å². The molecule has 2 N–H and O–H groups in total. The van der Waals surface area contributed by atoms with E-state index in [4.69, 9.17) is 0 Å². The lowest BCUT2D eigenvalue weighted by molar-refractivity contribution is -0.183. The molecular formula is C21H24F3N3O. The smallest absolute Gasteiger partial charge is 0.350 e. The van der Waals surface area contributed by atoms with Crippen molar-refractivity contribution in [1.82, 2.24) is 15.5 Å². The predicted molar refractivity (Wildman–Crippen MR) is 102 cm³/mol. The van der Waals surface area contributed by atoms with Crippen molar-refractivity contribution in [2.75, 3.05) is 32.7 Å². The molecule has 1 atom stereocenters. The summed E-state index contributed by atoms with van der Waals surface area (Å²) in [6.07, 6.45) is -3.85. The summed E-state index contributed by atoms with van der Waals surface area (Å²) in [7, 11) is 0. The molecule has 1 heterocycles. The molecule has 150 valence electrons. The van der Waals surface area contributed by atoms with Crippen molar-refractivity contribution in [3.63, 3.8) is 0 Å². The van der Waals surface area contributed by atoms with Crippen LogP contribution in [-0.2, 0) is 6.42 Å². The van der Waals surface area contributed by atoms with Gasteiger partial charge < -0.3 is 10.6 Å². The van der Waals surface area contributed by atoms with Gasteiger partial charge in [-0.05, 0) is 23.6 Å². The van der Waals surface area contributed by atoms with Crippen molar-refractivity contribution in [2.45, 2.75) is 18.6 Å². The van der Waals surface area contributed by atoms with Crippen LogP contribution < -0.4 is 10.6 Å². The number of hydrogen-bond donors (Lipinski definition) is 2. The highest BCUT2D eigenvalue weighted by atomic mass is 19.4. The topological polar surface area (TPSA) is 44.4 Å². The summed E-state index contributed by atoms with van der Waals surface area (Å²) < 4.78 is 40.5. The normalized spacial score (nSPS) is 16.5. The average molecular weight is 391 g/mol. The van der Waals surface area contributed by atoms with Gasteiger partial charge in [0.1, 0.15) is 6.04 Å². The molecule has 1 unspecified atom stereocenters. The number of rotatable bonds is 6. The fourth-order valence-corrected chi connectivity index (χ4v) is 3.44. The summed E-state index contributed by atoms with van der Waals surface area (Å²) in [5, 5.41) is 5.55. The van der Waals surface area contributed by atoms with E-state index in [2.05, 4.69) is 10.6 Å². The fourth-order valence-electron chi connectivity index (χ4n) is 3.44. The summed E-state index contributed by atoms with van der Waals surface area (Å²) in [5.41, 5.74) is 2.24. The molecule has 0 spiro atoms. The molecule has 0 saturated carbocycles. The number of nitrogens with one attached hydrogen (secondary N) is 2. The standard InChI is InChI=1S/C21H24F3N3O/c22-21(23,24)19(27-12-10-25-11-13-27)15-26-20(28)18-9-5-4-8-17(18)14-16-6-2-1-3-7-16/h1-9,19,25H,10-15H2,(H,26,28). The molecule has 2 aromatic rings. The molecule has 3 rings (SSSR count). The highest BCUT2D eigenvalue weighted by molar-refractivity contribution is 5.95. The third-order valence-corrected chi connectivity index (χ3v) is 4.93. The van der Waals surface area contributed by atoms with Gasteiger partial charge in [0, 0.05) is 38.3 Å². The molecule has 0 aliphatic carbocycles. The quantitative estimate of drug-likeness (QED) is 0.796. The first kappa shape index (κ1) is 20.4. The van der Waals surface area contributed by atoms with E-state index in [9.17, 15) is 18.0 Å². The fraction of sp³-hybridized carbons (Fsp3) is 0.381. The van der Waals surface area contributed by atoms with Crippen LogP contribution in [0.2, 0.25) is 0 Å². The van der Waals surface area contributed by atoms with Gasteiger partial charge in [-0.1, -0.05) is 48.5 Å². The van der Waals surface area contributed by atoms with Crippen molar-refractivity contribution in [1.29, 1.82) is 0 Å². The monoisotopic (exact) mass is 391 g/mol. The average Bonchev–Trinajstić information content (AvgIpc) is 2.69. The van der Waals surface area contributed by atoms with E-state index in [0.29, 0.717) is 38.2 Å². The Morgan fingerprint density at radius 2 is 1.68 bits per heavy atom. The van der Waals surface area contributed by atoms with Crippen LogP contribution in [0, 0.1) is 0 Å². The number of halogens is 3. The van der Waals surface area contributed by atoms with E-state index in [-0.39, 0.29) is 0 Å². The second kappa shape index (κ2) is 9.21. The Hall–Kier alpha value is -2.38. The molecule has 1 fully saturated rings. The number of carbonyl (C=O) groups is 1. The summed E-state index contributed by atoms with van der Waals surface area (Å²) in [5.74, 6) is -0.476. The Balaban J connectivity index is 1.70. The van der Waals surface area contributed by atoms with Gasteiger partial charge in [0.2, 0.25) is 0 Å². The molecule has 4 nitrogen and oxygen atoms in total. The van der Waals surface area contributed by atoms with Crippen LogP contribution in [0.25, 0.3) is 0 Å². The third-order valence-electron chi connectivity index (χ3n) is 4.93. The number of benzene rings is 2. The van der Waals surface area contributed by atoms with Crippen LogP contribution in [0.5, 0.6) is 0 Å². The lowest BCUT2D eigenvalue weighted by Gasteiger charge is -2.36. The van der Waals surface area contributed by atoms with Crippen LogP contribution in [0.15, 0.2) is 54.6 Å². The molecule has 0 radical (unpaired) electrons. The summed E-state index contributed by atoms with van der Waals surface area (Å²) in [6, 6.07) is 15.0. The predicted octanol–water partition coefficient (Wildman–Crippen LogP) is 2.84. The van der Waals surface area contributed by atoms with E-state index in [0.717, 1.165) is 11.1 Å². The Kier molecular flexibility index (Phi) is 6.70. The number of carbonyl (C=O) groups excluding carboxylic acids is 1. The number of piperazine rings is 1. The second-order valence-corrected chi connectivity index (χ2v) is 6.87. The zero-order chi connectivity index (χ0) is 20.0. The van der Waals surface area contributed by atoms with E-state index >= 15 is 0 Å². The van der Waals surface area contributed by atoms with Crippen molar-refractivity contribution >= 4 is 5.91 Å². The Bertz CT molecular complexity index is 774. The number of amides is 1. The van der Waals surface area contributed by atoms with Crippen molar-refractivity contribution < 1.29 is 18.0 Å². The maximum Gasteiger partial charge on any atom is 0.405 e. The van der Waals surface area contributed by atoms with Crippen molar-refractivity contribution in [3.05, 3.63) is 71.3 Å². The van der Waals surface area contributed by atoms with Gasteiger partial charge >= 0.3 is 6.18 Å². The maximum absolute atomic E-state index is 13.5. The van der Waals surface area contributed by atoms with E-state index in [1.807, 2.05) is 42.5 Å². The molecule has 1 saturated heterocycles. The molecule has 2 aromatic carbocycles. The van der Waals surface area contributed by atoms with Crippen molar-refractivity contribution in [2.24, 2.45) is 0 Å².